The first kappa shape index (κ1) is 14.2. The van der Waals surface area contributed by atoms with Gasteiger partial charge in [-0.2, -0.15) is 0 Å². The highest BCUT2D eigenvalue weighted by atomic mass is 79.9. The molecule has 0 aliphatic carbocycles. The Labute approximate surface area is 111 Å². The normalized spacial score (nSPS) is 12.5. The zero-order valence-corrected chi connectivity index (χ0v) is 11.8. The fraction of sp³-hybridized carbons (Fsp3) is 0.385. The second kappa shape index (κ2) is 6.79. The molecular weight excluding hydrogens is 282 g/mol. The van der Waals surface area contributed by atoms with E-state index in [0.29, 0.717) is 6.54 Å². The fourth-order valence-electron chi connectivity index (χ4n) is 1.71. The molecule has 1 unspecified atom stereocenters. The van der Waals surface area contributed by atoms with E-state index >= 15 is 0 Å². The summed E-state index contributed by atoms with van der Waals surface area (Å²) in [5.41, 5.74) is 1.06. The van der Waals surface area contributed by atoms with Crippen LogP contribution in [0.1, 0.15) is 11.6 Å². The lowest BCUT2D eigenvalue weighted by atomic mass is 10.1. The van der Waals surface area contributed by atoms with Crippen LogP contribution in [0.25, 0.3) is 0 Å². The van der Waals surface area contributed by atoms with Crippen LogP contribution in [0.15, 0.2) is 35.3 Å². The SMILES string of the molecule is C=C(Br)CN(C)C(CO)c1ccc(OC)cc1. The molecule has 1 aromatic carbocycles. The smallest absolute Gasteiger partial charge is 0.118 e. The molecular formula is C13H18BrNO2. The molecule has 3 nitrogen and oxygen atoms in total. The summed E-state index contributed by atoms with van der Waals surface area (Å²) in [4.78, 5) is 2.04. The van der Waals surface area contributed by atoms with Crippen molar-refractivity contribution in [1.29, 1.82) is 0 Å². The van der Waals surface area contributed by atoms with Gasteiger partial charge in [0.2, 0.25) is 0 Å². The lowest BCUT2D eigenvalue weighted by Gasteiger charge is -2.26. The van der Waals surface area contributed by atoms with E-state index < -0.39 is 0 Å². The van der Waals surface area contributed by atoms with Crippen LogP contribution in [0.4, 0.5) is 0 Å². The van der Waals surface area contributed by atoms with E-state index in [1.165, 1.54) is 0 Å². The topological polar surface area (TPSA) is 32.7 Å². The maximum Gasteiger partial charge on any atom is 0.118 e. The zero-order chi connectivity index (χ0) is 12.8. The molecule has 0 aliphatic rings. The molecule has 0 bridgehead atoms. The summed E-state index contributed by atoms with van der Waals surface area (Å²) in [6, 6.07) is 7.69. The first-order valence-corrected chi connectivity index (χ1v) is 6.16. The molecule has 0 aromatic heterocycles. The van der Waals surface area contributed by atoms with Crippen LogP contribution in [0.3, 0.4) is 0 Å². The van der Waals surface area contributed by atoms with Crippen molar-refractivity contribution in [1.82, 2.24) is 4.90 Å². The van der Waals surface area contributed by atoms with E-state index in [0.717, 1.165) is 15.8 Å². The van der Waals surface area contributed by atoms with E-state index in [4.69, 9.17) is 4.74 Å². The van der Waals surface area contributed by atoms with E-state index in [2.05, 4.69) is 22.5 Å². The van der Waals surface area contributed by atoms with Gasteiger partial charge < -0.3 is 9.84 Å². The molecule has 0 fully saturated rings. The molecule has 0 saturated heterocycles. The molecule has 94 valence electrons. The van der Waals surface area contributed by atoms with Crippen LogP contribution < -0.4 is 4.74 Å². The number of rotatable bonds is 6. The van der Waals surface area contributed by atoms with Gasteiger partial charge in [0.25, 0.3) is 0 Å². The molecule has 0 spiro atoms. The summed E-state index contributed by atoms with van der Waals surface area (Å²) >= 11 is 3.33. The second-order valence-corrected chi connectivity index (χ2v) is 5.03. The third-order valence-corrected chi connectivity index (χ3v) is 2.88. The van der Waals surface area contributed by atoms with Crippen molar-refractivity contribution in [2.45, 2.75) is 6.04 Å². The summed E-state index contributed by atoms with van der Waals surface area (Å²) in [5.74, 6) is 0.818. The molecule has 1 rings (SSSR count). The van der Waals surface area contributed by atoms with Gasteiger partial charge in [0, 0.05) is 11.0 Å². The molecule has 1 N–H and O–H groups in total. The zero-order valence-electron chi connectivity index (χ0n) is 10.2. The van der Waals surface area contributed by atoms with Crippen LogP contribution in [-0.4, -0.2) is 37.3 Å². The van der Waals surface area contributed by atoms with Crippen LogP contribution in [0.5, 0.6) is 5.75 Å². The van der Waals surface area contributed by atoms with Crippen molar-refractivity contribution in [3.05, 3.63) is 40.9 Å². The van der Waals surface area contributed by atoms with Crippen LogP contribution in [-0.2, 0) is 0 Å². The number of benzene rings is 1. The number of likely N-dealkylation sites (N-methyl/N-ethyl adjacent to an activating group) is 1. The molecule has 0 amide bonds. The van der Waals surface area contributed by atoms with Gasteiger partial charge in [-0.1, -0.05) is 34.6 Å². The second-order valence-electron chi connectivity index (χ2n) is 3.90. The number of nitrogens with zero attached hydrogens (tertiary/aromatic N) is 1. The number of aliphatic hydroxyl groups is 1. The Morgan fingerprint density at radius 1 is 1.47 bits per heavy atom. The van der Waals surface area contributed by atoms with E-state index in [-0.39, 0.29) is 12.6 Å². The largest absolute Gasteiger partial charge is 0.497 e. The Hall–Kier alpha value is -0.840. The van der Waals surface area contributed by atoms with E-state index in [1.807, 2.05) is 36.2 Å². The highest BCUT2D eigenvalue weighted by molar-refractivity contribution is 9.11. The summed E-state index contributed by atoms with van der Waals surface area (Å²) in [7, 11) is 3.59. The number of halogens is 1. The molecule has 1 atom stereocenters. The van der Waals surface area contributed by atoms with Gasteiger partial charge in [0.15, 0.2) is 0 Å². The van der Waals surface area contributed by atoms with Gasteiger partial charge >= 0.3 is 0 Å². The maximum absolute atomic E-state index is 9.47. The monoisotopic (exact) mass is 299 g/mol. The Morgan fingerprint density at radius 3 is 2.47 bits per heavy atom. The number of hydrogen-bond donors (Lipinski definition) is 1. The minimum Gasteiger partial charge on any atom is -0.497 e. The first-order chi connectivity index (χ1) is 8.08. The predicted molar refractivity (Wildman–Crippen MR) is 73.5 cm³/mol. The Bertz CT molecular complexity index is 364. The highest BCUT2D eigenvalue weighted by Gasteiger charge is 2.16. The third-order valence-electron chi connectivity index (χ3n) is 2.63. The van der Waals surface area contributed by atoms with Gasteiger partial charge in [-0.15, -0.1) is 0 Å². The lowest BCUT2D eigenvalue weighted by Crippen LogP contribution is -2.28. The van der Waals surface area contributed by atoms with Gasteiger partial charge in [-0.25, -0.2) is 0 Å². The van der Waals surface area contributed by atoms with Crippen molar-refractivity contribution in [2.24, 2.45) is 0 Å². The number of ether oxygens (including phenoxy) is 1. The first-order valence-electron chi connectivity index (χ1n) is 5.36. The quantitative estimate of drug-likeness (QED) is 0.876. The summed E-state index contributed by atoms with van der Waals surface area (Å²) in [6.45, 7) is 4.57. The van der Waals surface area contributed by atoms with Crippen molar-refractivity contribution >= 4 is 15.9 Å². The van der Waals surface area contributed by atoms with Gasteiger partial charge in [0.1, 0.15) is 5.75 Å². The van der Waals surface area contributed by atoms with Gasteiger partial charge in [-0.3, -0.25) is 4.90 Å². The third kappa shape index (κ3) is 4.15. The van der Waals surface area contributed by atoms with E-state index in [9.17, 15) is 5.11 Å². The highest BCUT2D eigenvalue weighted by Crippen LogP contribution is 2.22. The number of aliphatic hydroxyl groups excluding tert-OH is 1. The van der Waals surface area contributed by atoms with Gasteiger partial charge in [-0.05, 0) is 24.7 Å². The minimum absolute atomic E-state index is 0.0322. The molecule has 0 heterocycles. The maximum atomic E-state index is 9.47. The summed E-state index contributed by atoms with van der Waals surface area (Å²) in [5, 5.41) is 9.47. The van der Waals surface area contributed by atoms with Crippen molar-refractivity contribution in [3.8, 4) is 5.75 Å². The Morgan fingerprint density at radius 2 is 2.06 bits per heavy atom. The lowest BCUT2D eigenvalue weighted by molar-refractivity contribution is 0.158. The summed E-state index contributed by atoms with van der Waals surface area (Å²) < 4.78 is 6.01. The molecule has 0 saturated carbocycles. The molecule has 17 heavy (non-hydrogen) atoms. The average Bonchev–Trinajstić information content (AvgIpc) is 2.30. The van der Waals surface area contributed by atoms with Gasteiger partial charge in [0.05, 0.1) is 19.8 Å². The van der Waals surface area contributed by atoms with Crippen LogP contribution >= 0.6 is 15.9 Å². The average molecular weight is 300 g/mol. The standard InChI is InChI=1S/C13H18BrNO2/c1-10(14)8-15(2)13(9-16)11-4-6-12(17-3)7-5-11/h4-7,13,16H,1,8-9H2,2-3H3. The number of hydrogen-bond acceptors (Lipinski definition) is 3. The van der Waals surface area contributed by atoms with Crippen LogP contribution in [0.2, 0.25) is 0 Å². The Kier molecular flexibility index (Phi) is 5.68. The number of methoxy groups -OCH3 is 1. The minimum atomic E-state index is -0.0322. The molecule has 1 aromatic rings. The van der Waals surface area contributed by atoms with Crippen molar-refractivity contribution < 1.29 is 9.84 Å². The molecule has 0 radical (unpaired) electrons. The molecule has 0 aliphatic heterocycles. The summed E-state index contributed by atoms with van der Waals surface area (Å²) in [6.07, 6.45) is 0. The fourth-order valence-corrected chi connectivity index (χ4v) is 2.10. The molecule has 4 heteroatoms. The Balaban J connectivity index is 2.81. The van der Waals surface area contributed by atoms with Crippen LogP contribution in [0, 0.1) is 0 Å². The van der Waals surface area contributed by atoms with Crippen molar-refractivity contribution in [2.75, 3.05) is 27.3 Å². The van der Waals surface area contributed by atoms with E-state index in [1.54, 1.807) is 7.11 Å². The predicted octanol–water partition coefficient (Wildman–Crippen LogP) is 2.57. The van der Waals surface area contributed by atoms with Crippen molar-refractivity contribution in [3.63, 3.8) is 0 Å².